The number of carbonyl (C=O) groups excluding carboxylic acids is 2. The average Bonchev–Trinajstić information content (AvgIpc) is 2.62. The maximum Gasteiger partial charge on any atom is 0.343 e. The lowest BCUT2D eigenvalue weighted by molar-refractivity contribution is -0.142. The first-order chi connectivity index (χ1) is 12.9. The lowest BCUT2D eigenvalue weighted by Crippen LogP contribution is -2.19. The van der Waals surface area contributed by atoms with Crippen LogP contribution in [0.25, 0.3) is 0 Å². The van der Waals surface area contributed by atoms with Gasteiger partial charge < -0.3 is 9.47 Å². The Kier molecular flexibility index (Phi) is 7.75. The van der Waals surface area contributed by atoms with Crippen LogP contribution in [0.1, 0.15) is 11.1 Å². The molecule has 2 rings (SSSR count). The quantitative estimate of drug-likeness (QED) is 0.392. The molecule has 1 amide bonds. The highest BCUT2D eigenvalue weighted by molar-refractivity contribution is 9.10. The second kappa shape index (κ2) is 10.0. The topological polar surface area (TPSA) is 77.0 Å². The van der Waals surface area contributed by atoms with Crippen LogP contribution >= 0.6 is 27.5 Å². The minimum atomic E-state index is -0.535. The van der Waals surface area contributed by atoms with Crippen LogP contribution in [0.15, 0.2) is 46.0 Å². The second-order valence-electron chi connectivity index (χ2n) is 5.27. The van der Waals surface area contributed by atoms with E-state index in [1.165, 1.54) is 37.6 Å². The first-order valence-corrected chi connectivity index (χ1v) is 8.81. The second-order valence-corrected chi connectivity index (χ2v) is 6.54. The minimum Gasteiger partial charge on any atom is -0.479 e. The van der Waals surface area contributed by atoms with Gasteiger partial charge in [-0.25, -0.2) is 14.6 Å². The number of hydrazone groups is 1. The molecular weight excluding hydrogens is 443 g/mol. The van der Waals surface area contributed by atoms with Crippen molar-refractivity contribution in [1.82, 2.24) is 5.43 Å². The fourth-order valence-electron chi connectivity index (χ4n) is 1.99. The van der Waals surface area contributed by atoms with Crippen molar-refractivity contribution in [3.05, 3.63) is 62.8 Å². The summed E-state index contributed by atoms with van der Waals surface area (Å²) in [6.07, 6.45) is 1.48. The Morgan fingerprint density at radius 3 is 2.63 bits per heavy atom. The molecule has 0 aliphatic heterocycles. The number of halogens is 3. The van der Waals surface area contributed by atoms with Crippen LogP contribution in [0.5, 0.6) is 5.75 Å². The number of nitrogens with one attached hydrogen (secondary N) is 1. The summed E-state index contributed by atoms with van der Waals surface area (Å²) < 4.78 is 23.2. The van der Waals surface area contributed by atoms with E-state index >= 15 is 0 Å². The normalized spacial score (nSPS) is 10.7. The van der Waals surface area contributed by atoms with E-state index in [2.05, 4.69) is 31.2 Å². The zero-order chi connectivity index (χ0) is 19.8. The number of hydrogen-bond acceptors (Lipinski definition) is 5. The Morgan fingerprint density at radius 2 is 2.00 bits per heavy atom. The number of nitrogens with zero attached hydrogens (tertiary/aromatic N) is 1. The summed E-state index contributed by atoms with van der Waals surface area (Å²) >= 11 is 9.44. The Hall–Kier alpha value is -2.45. The Balaban J connectivity index is 1.95. The van der Waals surface area contributed by atoms with Gasteiger partial charge in [0.25, 0.3) is 0 Å². The first kappa shape index (κ1) is 20.9. The van der Waals surface area contributed by atoms with Gasteiger partial charge in [-0.3, -0.25) is 4.79 Å². The van der Waals surface area contributed by atoms with Gasteiger partial charge >= 0.3 is 5.97 Å². The van der Waals surface area contributed by atoms with Gasteiger partial charge in [-0.15, -0.1) is 0 Å². The van der Waals surface area contributed by atoms with E-state index in [0.717, 1.165) is 0 Å². The molecule has 6 nitrogen and oxygen atoms in total. The van der Waals surface area contributed by atoms with E-state index in [4.69, 9.17) is 16.3 Å². The van der Waals surface area contributed by atoms with Gasteiger partial charge in [-0.1, -0.05) is 23.7 Å². The van der Waals surface area contributed by atoms with Gasteiger partial charge in [0.2, 0.25) is 5.91 Å². The molecule has 9 heteroatoms. The highest BCUT2D eigenvalue weighted by Crippen LogP contribution is 2.34. The summed E-state index contributed by atoms with van der Waals surface area (Å²) in [5, 5.41) is 4.12. The highest BCUT2D eigenvalue weighted by atomic mass is 79.9. The number of esters is 1. The molecule has 2 aromatic rings. The maximum atomic E-state index is 12.8. The highest BCUT2D eigenvalue weighted by Gasteiger charge is 2.11. The van der Waals surface area contributed by atoms with Crippen LogP contribution in [0.4, 0.5) is 4.39 Å². The smallest absolute Gasteiger partial charge is 0.343 e. The third-order valence-electron chi connectivity index (χ3n) is 3.26. The predicted molar refractivity (Wildman–Crippen MR) is 103 cm³/mol. The van der Waals surface area contributed by atoms with E-state index in [1.807, 2.05) is 0 Å². The maximum absolute atomic E-state index is 12.8. The SMILES string of the molecule is COC(=O)COc1c(Cl)cc(/C=N/NC(=O)Cc2ccc(F)cc2)cc1Br. The van der Waals surface area contributed by atoms with E-state index in [1.54, 1.807) is 12.1 Å². The van der Waals surface area contributed by atoms with Gasteiger partial charge in [-0.05, 0) is 51.3 Å². The van der Waals surface area contributed by atoms with Crippen molar-refractivity contribution < 1.29 is 23.5 Å². The van der Waals surface area contributed by atoms with Crippen LogP contribution in [-0.4, -0.2) is 31.8 Å². The van der Waals surface area contributed by atoms with Gasteiger partial charge in [0.15, 0.2) is 12.4 Å². The van der Waals surface area contributed by atoms with Crippen LogP contribution < -0.4 is 10.2 Å². The minimum absolute atomic E-state index is 0.0718. The van der Waals surface area contributed by atoms with Crippen molar-refractivity contribution in [3.8, 4) is 5.75 Å². The third kappa shape index (κ3) is 6.65. The predicted octanol–water partition coefficient (Wildman–Crippen LogP) is 3.49. The van der Waals surface area contributed by atoms with Gasteiger partial charge in [-0.2, -0.15) is 5.10 Å². The molecule has 0 unspecified atom stereocenters. The molecule has 0 heterocycles. The zero-order valence-electron chi connectivity index (χ0n) is 14.2. The van der Waals surface area contributed by atoms with E-state index in [9.17, 15) is 14.0 Å². The zero-order valence-corrected chi connectivity index (χ0v) is 16.5. The Labute approximate surface area is 168 Å². The summed E-state index contributed by atoms with van der Waals surface area (Å²) in [5.41, 5.74) is 3.65. The number of carbonyl (C=O) groups is 2. The number of rotatable bonds is 7. The van der Waals surface area contributed by atoms with Gasteiger partial charge in [0.05, 0.1) is 29.2 Å². The molecule has 0 fully saturated rings. The molecular formula is C18H15BrClFN2O4. The van der Waals surface area contributed by atoms with Crippen LogP contribution in [0.3, 0.4) is 0 Å². The molecule has 1 N–H and O–H groups in total. The summed E-state index contributed by atoms with van der Waals surface area (Å²) in [5.74, 6) is -0.952. The Bertz CT molecular complexity index is 836. The Morgan fingerprint density at radius 1 is 1.30 bits per heavy atom. The molecule has 0 bridgehead atoms. The molecule has 142 valence electrons. The lowest BCUT2D eigenvalue weighted by atomic mass is 10.1. The largest absolute Gasteiger partial charge is 0.479 e. The van der Waals surface area contributed by atoms with Crippen molar-refractivity contribution in [3.63, 3.8) is 0 Å². The molecule has 0 atom stereocenters. The van der Waals surface area contributed by atoms with Crippen molar-refractivity contribution in [2.75, 3.05) is 13.7 Å². The molecule has 27 heavy (non-hydrogen) atoms. The third-order valence-corrected chi connectivity index (χ3v) is 4.13. The summed E-state index contributed by atoms with van der Waals surface area (Å²) in [6.45, 7) is -0.276. The molecule has 0 aliphatic carbocycles. The lowest BCUT2D eigenvalue weighted by Gasteiger charge is -2.09. The van der Waals surface area contributed by atoms with E-state index < -0.39 is 5.97 Å². The number of ether oxygens (including phenoxy) is 2. The number of benzene rings is 2. The van der Waals surface area contributed by atoms with Crippen LogP contribution in [0.2, 0.25) is 5.02 Å². The fourth-order valence-corrected chi connectivity index (χ4v) is 2.98. The molecule has 2 aromatic carbocycles. The monoisotopic (exact) mass is 456 g/mol. The number of hydrogen-bond donors (Lipinski definition) is 1. The number of methoxy groups -OCH3 is 1. The molecule has 0 aromatic heterocycles. The van der Waals surface area contributed by atoms with Crippen LogP contribution in [-0.2, 0) is 20.7 Å². The van der Waals surface area contributed by atoms with E-state index in [-0.39, 0.29) is 29.8 Å². The summed E-state index contributed by atoms with van der Waals surface area (Å²) in [6, 6.07) is 8.86. The van der Waals surface area contributed by atoms with Crippen molar-refractivity contribution >= 4 is 45.6 Å². The summed E-state index contributed by atoms with van der Waals surface area (Å²) in [4.78, 5) is 23.0. The van der Waals surface area contributed by atoms with Crippen molar-refractivity contribution in [2.24, 2.45) is 5.10 Å². The average molecular weight is 458 g/mol. The molecule has 0 aliphatic rings. The van der Waals surface area contributed by atoms with Crippen molar-refractivity contribution in [1.29, 1.82) is 0 Å². The standard InChI is InChI=1S/C18H15BrClFN2O4/c1-26-17(25)10-27-18-14(19)6-12(7-15(18)20)9-22-23-16(24)8-11-2-4-13(21)5-3-11/h2-7,9H,8,10H2,1H3,(H,23,24)/b22-9+. The molecule has 0 saturated heterocycles. The fraction of sp³-hybridized carbons (Fsp3) is 0.167. The van der Waals surface area contributed by atoms with Gasteiger partial charge in [0.1, 0.15) is 5.82 Å². The van der Waals surface area contributed by atoms with Crippen LogP contribution in [0, 0.1) is 5.82 Å². The van der Waals surface area contributed by atoms with Crippen molar-refractivity contribution in [2.45, 2.75) is 6.42 Å². The summed E-state index contributed by atoms with van der Waals surface area (Å²) in [7, 11) is 1.26. The number of amides is 1. The van der Waals surface area contributed by atoms with Gasteiger partial charge in [0, 0.05) is 0 Å². The van der Waals surface area contributed by atoms with E-state index in [0.29, 0.717) is 21.3 Å². The molecule has 0 spiro atoms. The molecule has 0 radical (unpaired) electrons. The first-order valence-electron chi connectivity index (χ1n) is 7.64. The molecule has 0 saturated carbocycles.